The summed E-state index contributed by atoms with van der Waals surface area (Å²) in [7, 11) is 1.63. The average molecular weight is 350 g/mol. The van der Waals surface area contributed by atoms with Gasteiger partial charge in [-0.05, 0) is 19.9 Å². The maximum Gasteiger partial charge on any atom is 0.269 e. The summed E-state index contributed by atoms with van der Waals surface area (Å²) in [6.07, 6.45) is 0.687. The molecule has 8 heteroatoms. The molecule has 1 amide bonds. The zero-order chi connectivity index (χ0) is 16.1. The molecule has 1 saturated heterocycles. The predicted molar refractivity (Wildman–Crippen MR) is 85.9 cm³/mol. The van der Waals surface area contributed by atoms with E-state index in [1.807, 2.05) is 0 Å². The summed E-state index contributed by atoms with van der Waals surface area (Å²) in [4.78, 5) is 15.3. The largest absolute Gasteiger partial charge is 0.382 e. The summed E-state index contributed by atoms with van der Waals surface area (Å²) in [5.41, 5.74) is 0.966. The van der Waals surface area contributed by atoms with Gasteiger partial charge in [0.05, 0.1) is 35.4 Å². The number of aryl methyl sites for hydroxylation is 1. The molecule has 2 unspecified atom stereocenters. The Balaban J connectivity index is 1.99. The first-order valence-corrected chi connectivity index (χ1v) is 7.95. The SMILES string of the molecule is COCCOC1CNCCC1NC(=O)c1[nH]c(C)c(Cl)c1Cl. The van der Waals surface area contributed by atoms with Crippen LogP contribution < -0.4 is 10.6 Å². The van der Waals surface area contributed by atoms with Gasteiger partial charge in [0, 0.05) is 19.3 Å². The van der Waals surface area contributed by atoms with Gasteiger partial charge in [-0.3, -0.25) is 4.79 Å². The lowest BCUT2D eigenvalue weighted by molar-refractivity contribution is -0.00989. The van der Waals surface area contributed by atoms with Crippen molar-refractivity contribution in [1.29, 1.82) is 0 Å². The number of aromatic amines is 1. The topological polar surface area (TPSA) is 75.4 Å². The number of halogens is 2. The third kappa shape index (κ3) is 4.14. The quantitative estimate of drug-likeness (QED) is 0.684. The Hall–Kier alpha value is -0.790. The molecule has 2 heterocycles. The molecule has 2 rings (SSSR count). The van der Waals surface area contributed by atoms with Gasteiger partial charge in [0.2, 0.25) is 0 Å². The fraction of sp³-hybridized carbons (Fsp3) is 0.643. The normalized spacial score (nSPS) is 21.8. The van der Waals surface area contributed by atoms with Crippen LogP contribution in [0.5, 0.6) is 0 Å². The number of H-pyrrole nitrogens is 1. The summed E-state index contributed by atoms with van der Waals surface area (Å²) < 4.78 is 10.7. The van der Waals surface area contributed by atoms with Gasteiger partial charge in [-0.25, -0.2) is 0 Å². The van der Waals surface area contributed by atoms with E-state index in [1.165, 1.54) is 0 Å². The van der Waals surface area contributed by atoms with Crippen LogP contribution in [0.4, 0.5) is 0 Å². The van der Waals surface area contributed by atoms with Crippen LogP contribution in [0.3, 0.4) is 0 Å². The highest BCUT2D eigenvalue weighted by Crippen LogP contribution is 2.29. The number of aromatic nitrogens is 1. The summed E-state index contributed by atoms with van der Waals surface area (Å²) in [6.45, 7) is 4.30. The minimum absolute atomic E-state index is 0.0796. The summed E-state index contributed by atoms with van der Waals surface area (Å²) in [5.74, 6) is -0.271. The van der Waals surface area contributed by atoms with Crippen molar-refractivity contribution in [3.8, 4) is 0 Å². The average Bonchev–Trinajstić information content (AvgIpc) is 2.77. The predicted octanol–water partition coefficient (Wildman–Crippen LogP) is 1.75. The molecule has 0 aliphatic carbocycles. The third-order valence-corrected chi connectivity index (χ3v) is 4.59. The summed E-state index contributed by atoms with van der Waals surface area (Å²) >= 11 is 12.1. The smallest absolute Gasteiger partial charge is 0.269 e. The van der Waals surface area contributed by atoms with Gasteiger partial charge in [0.25, 0.3) is 5.91 Å². The molecule has 6 nitrogen and oxygen atoms in total. The van der Waals surface area contributed by atoms with Crippen LogP contribution in [0, 0.1) is 6.92 Å². The molecule has 1 aliphatic heterocycles. The van der Waals surface area contributed by atoms with Crippen molar-refractivity contribution >= 4 is 29.1 Å². The molecule has 0 bridgehead atoms. The number of hydrogen-bond donors (Lipinski definition) is 3. The molecule has 124 valence electrons. The molecule has 3 N–H and O–H groups in total. The van der Waals surface area contributed by atoms with Crippen LogP contribution in [-0.4, -0.2) is 56.5 Å². The van der Waals surface area contributed by atoms with Crippen molar-refractivity contribution in [2.45, 2.75) is 25.5 Å². The van der Waals surface area contributed by atoms with E-state index in [2.05, 4.69) is 15.6 Å². The molecule has 1 aromatic heterocycles. The van der Waals surface area contributed by atoms with Gasteiger partial charge in [-0.1, -0.05) is 23.2 Å². The van der Waals surface area contributed by atoms with Gasteiger partial charge in [0.1, 0.15) is 5.69 Å². The molecule has 1 aromatic rings. The summed E-state index contributed by atoms with van der Waals surface area (Å²) in [6, 6.07) is -0.0796. The van der Waals surface area contributed by atoms with Gasteiger partial charge >= 0.3 is 0 Å². The van der Waals surface area contributed by atoms with Crippen molar-refractivity contribution in [2.24, 2.45) is 0 Å². The van der Waals surface area contributed by atoms with Gasteiger partial charge in [0.15, 0.2) is 0 Å². The van der Waals surface area contributed by atoms with Crippen LogP contribution in [0.1, 0.15) is 22.6 Å². The highest BCUT2D eigenvalue weighted by molar-refractivity contribution is 6.44. The van der Waals surface area contributed by atoms with Crippen molar-refractivity contribution < 1.29 is 14.3 Å². The molecule has 0 saturated carbocycles. The van der Waals surface area contributed by atoms with E-state index in [9.17, 15) is 4.79 Å². The molecule has 1 fully saturated rings. The van der Waals surface area contributed by atoms with E-state index in [0.29, 0.717) is 36.2 Å². The molecule has 2 atom stereocenters. The second kappa shape index (κ2) is 8.17. The van der Waals surface area contributed by atoms with Crippen LogP contribution in [-0.2, 0) is 9.47 Å². The first-order valence-electron chi connectivity index (χ1n) is 7.20. The van der Waals surface area contributed by atoms with Gasteiger partial charge < -0.3 is 25.1 Å². The van der Waals surface area contributed by atoms with E-state index in [-0.39, 0.29) is 23.1 Å². The van der Waals surface area contributed by atoms with E-state index >= 15 is 0 Å². The molecule has 0 spiro atoms. The standard InChI is InChI=1S/C14H21Cl2N3O3/c1-8-11(15)12(16)13(18-8)14(20)19-9-3-4-17-7-10(9)22-6-5-21-2/h9-10,17-18H,3-7H2,1-2H3,(H,19,20). The third-order valence-electron chi connectivity index (χ3n) is 3.64. The first kappa shape index (κ1) is 17.6. The number of hydrogen-bond acceptors (Lipinski definition) is 4. The van der Waals surface area contributed by atoms with Crippen LogP contribution >= 0.6 is 23.2 Å². The van der Waals surface area contributed by atoms with Crippen LogP contribution in [0.2, 0.25) is 10.0 Å². The number of rotatable bonds is 6. The van der Waals surface area contributed by atoms with Gasteiger partial charge in [-0.2, -0.15) is 0 Å². The molecule has 1 aliphatic rings. The maximum absolute atomic E-state index is 12.4. The number of piperidine rings is 1. The number of carbonyl (C=O) groups is 1. The minimum Gasteiger partial charge on any atom is -0.382 e. The van der Waals surface area contributed by atoms with E-state index in [4.69, 9.17) is 32.7 Å². The lowest BCUT2D eigenvalue weighted by atomic mass is 10.0. The Morgan fingerprint density at radius 3 is 2.77 bits per heavy atom. The molecule has 22 heavy (non-hydrogen) atoms. The lowest BCUT2D eigenvalue weighted by Gasteiger charge is -2.32. The molecule has 0 radical (unpaired) electrons. The minimum atomic E-state index is -0.271. The number of amides is 1. The van der Waals surface area contributed by atoms with E-state index in [0.717, 1.165) is 13.0 Å². The Bertz CT molecular complexity index is 522. The number of nitrogens with one attached hydrogen (secondary N) is 3. The Labute approximate surface area is 139 Å². The number of methoxy groups -OCH3 is 1. The monoisotopic (exact) mass is 349 g/mol. The second-order valence-electron chi connectivity index (χ2n) is 5.23. The second-order valence-corrected chi connectivity index (χ2v) is 5.98. The molecular weight excluding hydrogens is 329 g/mol. The lowest BCUT2D eigenvalue weighted by Crippen LogP contribution is -2.54. The van der Waals surface area contributed by atoms with Crippen molar-refractivity contribution in [1.82, 2.24) is 15.6 Å². The Kier molecular flexibility index (Phi) is 6.52. The summed E-state index contributed by atoms with van der Waals surface area (Å²) in [5, 5.41) is 6.86. The maximum atomic E-state index is 12.4. The first-order chi connectivity index (χ1) is 10.5. The highest BCUT2D eigenvalue weighted by Gasteiger charge is 2.29. The van der Waals surface area contributed by atoms with E-state index < -0.39 is 0 Å². The zero-order valence-electron chi connectivity index (χ0n) is 12.7. The van der Waals surface area contributed by atoms with Crippen LogP contribution in [0.15, 0.2) is 0 Å². The molecular formula is C14H21Cl2N3O3. The Morgan fingerprint density at radius 1 is 1.36 bits per heavy atom. The van der Waals surface area contributed by atoms with Crippen molar-refractivity contribution in [2.75, 3.05) is 33.4 Å². The van der Waals surface area contributed by atoms with Crippen LogP contribution in [0.25, 0.3) is 0 Å². The fourth-order valence-electron chi connectivity index (χ4n) is 2.42. The Morgan fingerprint density at radius 2 is 2.14 bits per heavy atom. The highest BCUT2D eigenvalue weighted by atomic mass is 35.5. The number of carbonyl (C=O) groups excluding carboxylic acids is 1. The van der Waals surface area contributed by atoms with E-state index in [1.54, 1.807) is 14.0 Å². The zero-order valence-corrected chi connectivity index (χ0v) is 14.2. The number of ether oxygens (including phenoxy) is 2. The van der Waals surface area contributed by atoms with Crippen molar-refractivity contribution in [3.63, 3.8) is 0 Å². The fourth-order valence-corrected chi connectivity index (χ4v) is 2.84. The molecule has 0 aromatic carbocycles. The van der Waals surface area contributed by atoms with Gasteiger partial charge in [-0.15, -0.1) is 0 Å². The van der Waals surface area contributed by atoms with Crippen molar-refractivity contribution in [3.05, 3.63) is 21.4 Å².